The number of carbonyl (C=O) groups excluding carboxylic acids is 2. The van der Waals surface area contributed by atoms with Crippen molar-refractivity contribution in [2.45, 2.75) is 118 Å². The molecule has 4 nitrogen and oxygen atoms in total. The first-order valence-corrected chi connectivity index (χ1v) is 20.2. The highest BCUT2D eigenvalue weighted by molar-refractivity contribution is 14.1. The molecule has 1 aromatic rings. The largest absolute Gasteiger partial charge is 0.506 e. The van der Waals surface area contributed by atoms with Gasteiger partial charge in [-0.1, -0.05) is 65.5 Å². The lowest BCUT2D eigenvalue weighted by molar-refractivity contribution is -0.154. The van der Waals surface area contributed by atoms with Crippen LogP contribution in [0.3, 0.4) is 0 Å². The van der Waals surface area contributed by atoms with E-state index in [4.69, 9.17) is 4.74 Å². The molecule has 4 unspecified atom stereocenters. The number of hydrogen-bond acceptors (Lipinski definition) is 4. The Kier molecular flexibility index (Phi) is 11.2. The Morgan fingerprint density at radius 3 is 2.41 bits per heavy atom. The number of phenolic OH excluding ortho intramolecular Hbond substituents is 1. The van der Waals surface area contributed by atoms with Crippen LogP contribution in [0.25, 0.3) is 0 Å². The predicted molar refractivity (Wildman–Crippen MR) is 203 cm³/mol. The van der Waals surface area contributed by atoms with Crippen LogP contribution in [0, 0.1) is 63.0 Å². The maximum absolute atomic E-state index is 13.4. The topological polar surface area (TPSA) is 63.6 Å². The average molecular weight is 941 g/mol. The Bertz CT molecular complexity index is 1310. The number of esters is 1. The highest BCUT2D eigenvalue weighted by atomic mass is 127. The fraction of sp³-hybridized carbons (Fsp3) is 0.730. The van der Waals surface area contributed by atoms with Gasteiger partial charge >= 0.3 is 5.97 Å². The second kappa shape index (κ2) is 13.9. The average Bonchev–Trinajstić information content (AvgIpc) is 3.32. The molecule has 0 heterocycles. The van der Waals surface area contributed by atoms with Gasteiger partial charge in [0.25, 0.3) is 0 Å². The van der Waals surface area contributed by atoms with E-state index in [0.717, 1.165) is 58.3 Å². The van der Waals surface area contributed by atoms with E-state index in [1.165, 1.54) is 56.9 Å². The van der Waals surface area contributed by atoms with Gasteiger partial charge in [0, 0.05) is 15.6 Å². The van der Waals surface area contributed by atoms with Gasteiger partial charge in [0.2, 0.25) is 0 Å². The molecule has 0 spiro atoms. The molecule has 0 bridgehead atoms. The molecule has 3 saturated carbocycles. The Hall–Kier alpha value is 0.0900. The molecule has 1 aromatic carbocycles. The number of benzene rings is 1. The number of ether oxygens (including phenoxy) is 1. The number of rotatable bonds is 9. The first kappa shape index (κ1) is 35.4. The minimum atomic E-state index is -0.909. The molecule has 0 aliphatic heterocycles. The minimum absolute atomic E-state index is 0.0944. The van der Waals surface area contributed by atoms with E-state index in [1.807, 2.05) is 22.6 Å². The number of ketones is 1. The van der Waals surface area contributed by atoms with Crippen molar-refractivity contribution in [3.63, 3.8) is 0 Å². The fourth-order valence-corrected chi connectivity index (χ4v) is 14.1. The van der Waals surface area contributed by atoms with Crippen molar-refractivity contribution in [2.24, 2.45) is 52.3 Å². The molecule has 5 rings (SSSR count). The summed E-state index contributed by atoms with van der Waals surface area (Å²) in [6, 6.07) is 1.78. The number of fused-ring (bicyclic) bond motifs is 5. The summed E-state index contributed by atoms with van der Waals surface area (Å²) in [5.41, 5.74) is 2.59. The van der Waals surface area contributed by atoms with Crippen LogP contribution in [0.1, 0.15) is 123 Å². The second-order valence-electron chi connectivity index (χ2n) is 15.6. The summed E-state index contributed by atoms with van der Waals surface area (Å²) in [5, 5.41) is 10.4. The van der Waals surface area contributed by atoms with Crippen molar-refractivity contribution in [1.82, 2.24) is 0 Å². The maximum Gasteiger partial charge on any atom is 0.316 e. The summed E-state index contributed by atoms with van der Waals surface area (Å²) in [6.45, 7) is 14.1. The first-order valence-electron chi connectivity index (χ1n) is 17.0. The van der Waals surface area contributed by atoms with Crippen molar-refractivity contribution in [3.05, 3.63) is 34.0 Å². The summed E-state index contributed by atoms with van der Waals surface area (Å²) in [4.78, 5) is 26.7. The number of allylic oxidation sites excluding steroid dienone is 1. The van der Waals surface area contributed by atoms with E-state index >= 15 is 0 Å². The van der Waals surface area contributed by atoms with Crippen molar-refractivity contribution in [2.75, 3.05) is 0 Å². The zero-order valence-electron chi connectivity index (χ0n) is 27.4. The quantitative estimate of drug-likeness (QED) is 0.0881. The van der Waals surface area contributed by atoms with E-state index < -0.39 is 11.9 Å². The van der Waals surface area contributed by atoms with E-state index in [2.05, 4.69) is 85.9 Å². The molecule has 0 aromatic heterocycles. The van der Waals surface area contributed by atoms with Gasteiger partial charge < -0.3 is 9.84 Å². The van der Waals surface area contributed by atoms with Gasteiger partial charge in [0.15, 0.2) is 5.78 Å². The molecular weight excluding hydrogens is 889 g/mol. The number of halogens is 3. The lowest BCUT2D eigenvalue weighted by atomic mass is 9.47. The van der Waals surface area contributed by atoms with Crippen LogP contribution in [-0.2, 0) is 9.53 Å². The maximum atomic E-state index is 13.4. The van der Waals surface area contributed by atoms with Crippen LogP contribution in [0.4, 0.5) is 0 Å². The molecule has 0 radical (unpaired) electrons. The highest BCUT2D eigenvalue weighted by Gasteiger charge is 2.59. The monoisotopic (exact) mass is 940 g/mol. The number of aromatic hydroxyl groups is 1. The van der Waals surface area contributed by atoms with E-state index in [-0.39, 0.29) is 23.1 Å². The van der Waals surface area contributed by atoms with Crippen molar-refractivity contribution in [3.8, 4) is 5.75 Å². The van der Waals surface area contributed by atoms with Gasteiger partial charge in [-0.05, 0) is 172 Å². The van der Waals surface area contributed by atoms with Crippen LogP contribution in [0.5, 0.6) is 5.75 Å². The minimum Gasteiger partial charge on any atom is -0.506 e. The predicted octanol–water partition coefficient (Wildman–Crippen LogP) is 11.0. The normalized spacial score (nSPS) is 34.4. The number of Topliss-reactive ketones (excluding diaryl/α,β-unsaturated/α-hetero) is 1. The second-order valence-corrected chi connectivity index (χ2v) is 19.0. The number of hydrogen-bond donors (Lipinski definition) is 1. The van der Waals surface area contributed by atoms with Gasteiger partial charge in [0.1, 0.15) is 17.8 Å². The first-order chi connectivity index (χ1) is 20.7. The lowest BCUT2D eigenvalue weighted by Gasteiger charge is -2.58. The number of phenols is 1. The van der Waals surface area contributed by atoms with E-state index in [9.17, 15) is 14.7 Å². The summed E-state index contributed by atoms with van der Waals surface area (Å²) in [7, 11) is 0. The summed E-state index contributed by atoms with van der Waals surface area (Å²) in [5.74, 6) is 3.29. The molecule has 44 heavy (non-hydrogen) atoms. The van der Waals surface area contributed by atoms with Gasteiger partial charge in [-0.2, -0.15) is 0 Å². The molecule has 3 fully saturated rings. The van der Waals surface area contributed by atoms with E-state index in [0.29, 0.717) is 18.1 Å². The van der Waals surface area contributed by atoms with Gasteiger partial charge in [-0.25, -0.2) is 0 Å². The molecular formula is C37H51I3O4. The molecule has 244 valence electrons. The molecule has 0 amide bonds. The van der Waals surface area contributed by atoms with Crippen LogP contribution in [-0.4, -0.2) is 23.0 Å². The molecule has 7 heteroatoms. The zero-order chi connectivity index (χ0) is 32.1. The lowest BCUT2D eigenvalue weighted by Crippen LogP contribution is -2.51. The Morgan fingerprint density at radius 1 is 0.977 bits per heavy atom. The van der Waals surface area contributed by atoms with E-state index in [1.54, 1.807) is 13.0 Å². The Labute approximate surface area is 306 Å². The van der Waals surface area contributed by atoms with Gasteiger partial charge in [0.05, 0.1) is 7.14 Å². The molecule has 0 saturated heterocycles. The Balaban J connectivity index is 1.23. The molecule has 4 aliphatic carbocycles. The van der Waals surface area contributed by atoms with Crippen LogP contribution in [0.15, 0.2) is 17.7 Å². The standard InChI is InChI=1S/C37H51I3O4/c1-20(2)8-7-9-21(3)26-12-13-27-25-11-10-23-18-24(14-16-36(23,5)28(25)15-17-37(26,27)6)44-35(43)22(4)33(41)31-29(38)19-30(39)34(42)32(31)40/h10,19-22,24-28,42H,7-9,11-18H2,1-6H3/t21-,22?,24+,25?,26-,27?,28?,36+,37-/m1/s1. The van der Waals surface area contributed by atoms with Crippen molar-refractivity contribution < 1.29 is 19.4 Å². The Morgan fingerprint density at radius 2 is 1.70 bits per heavy atom. The summed E-state index contributed by atoms with van der Waals surface area (Å²) < 4.78 is 8.00. The van der Waals surface area contributed by atoms with Crippen molar-refractivity contribution in [1.29, 1.82) is 0 Å². The summed E-state index contributed by atoms with van der Waals surface area (Å²) in [6.07, 6.45) is 15.9. The third kappa shape index (κ3) is 6.56. The SMILES string of the molecule is CC(C)CCC[C@@H](C)[C@H]1CCC2C3CC=C4C[C@@H](OC(=O)C(C)C(=O)c5c(I)cc(I)c(O)c5I)CC[C@]4(C)C3CC[C@@]21C. The van der Waals surface area contributed by atoms with Gasteiger partial charge in [-0.15, -0.1) is 0 Å². The zero-order valence-corrected chi connectivity index (χ0v) is 33.8. The highest BCUT2D eigenvalue weighted by Crippen LogP contribution is 2.67. The van der Waals surface area contributed by atoms with Gasteiger partial charge in [-0.3, -0.25) is 9.59 Å². The fourth-order valence-electron chi connectivity index (χ4n) is 10.1. The molecule has 4 aliphatic rings. The van der Waals surface area contributed by atoms with Crippen molar-refractivity contribution >= 4 is 79.5 Å². The molecule has 9 atom stereocenters. The molecule has 1 N–H and O–H groups in total. The smallest absolute Gasteiger partial charge is 0.316 e. The number of carbonyl (C=O) groups is 2. The van der Waals surface area contributed by atoms with Crippen LogP contribution in [0.2, 0.25) is 0 Å². The van der Waals surface area contributed by atoms with Crippen LogP contribution >= 0.6 is 67.8 Å². The summed E-state index contributed by atoms with van der Waals surface area (Å²) >= 11 is 6.17. The third-order valence-electron chi connectivity index (χ3n) is 12.7. The van der Waals surface area contributed by atoms with Crippen LogP contribution < -0.4 is 0 Å². The third-order valence-corrected chi connectivity index (χ3v) is 15.4.